The Morgan fingerprint density at radius 2 is 2.05 bits per heavy atom. The molecule has 0 radical (unpaired) electrons. The first kappa shape index (κ1) is 12.9. The van der Waals surface area contributed by atoms with Gasteiger partial charge in [-0.15, -0.1) is 0 Å². The van der Waals surface area contributed by atoms with Gasteiger partial charge in [-0.2, -0.15) is 0 Å². The Kier molecular flexibility index (Phi) is 3.97. The lowest BCUT2D eigenvalue weighted by Crippen LogP contribution is -2.11. The van der Waals surface area contributed by atoms with Crippen LogP contribution in [0.15, 0.2) is 6.07 Å². The highest BCUT2D eigenvalue weighted by molar-refractivity contribution is 5.37. The number of anilines is 1. The molecule has 0 spiro atoms. The van der Waals surface area contributed by atoms with E-state index in [4.69, 9.17) is 9.72 Å². The lowest BCUT2D eigenvalue weighted by Gasteiger charge is -2.15. The highest BCUT2D eigenvalue weighted by Crippen LogP contribution is 2.34. The van der Waals surface area contributed by atoms with Crippen LogP contribution in [0.25, 0.3) is 0 Å². The van der Waals surface area contributed by atoms with Gasteiger partial charge in [-0.1, -0.05) is 12.8 Å². The summed E-state index contributed by atoms with van der Waals surface area (Å²) in [5.74, 6) is 3.00. The zero-order valence-electron chi connectivity index (χ0n) is 11.7. The molecule has 1 atom stereocenters. The second-order valence-corrected chi connectivity index (χ2v) is 5.61. The third-order valence-electron chi connectivity index (χ3n) is 4.19. The fraction of sp³-hybridized carbons (Fsp3) is 0.733. The summed E-state index contributed by atoms with van der Waals surface area (Å²) < 4.78 is 5.48. The van der Waals surface area contributed by atoms with E-state index in [1.807, 2.05) is 0 Å². The molecule has 1 aromatic rings. The maximum absolute atomic E-state index is 5.48. The van der Waals surface area contributed by atoms with Crippen molar-refractivity contribution in [3.05, 3.63) is 17.6 Å². The highest BCUT2D eigenvalue weighted by Gasteiger charge is 2.24. The van der Waals surface area contributed by atoms with Crippen LogP contribution >= 0.6 is 0 Å². The van der Waals surface area contributed by atoms with Gasteiger partial charge in [0.15, 0.2) is 0 Å². The van der Waals surface area contributed by atoms with Crippen molar-refractivity contribution in [2.45, 2.75) is 50.9 Å². The Labute approximate surface area is 115 Å². The van der Waals surface area contributed by atoms with Crippen LogP contribution in [0.4, 0.5) is 5.82 Å². The van der Waals surface area contributed by atoms with Crippen LogP contribution in [-0.4, -0.2) is 29.7 Å². The predicted octanol–water partition coefficient (Wildman–Crippen LogP) is 3.07. The number of aromatic nitrogens is 2. The standard InChI is InChI=1S/C15H23N3O/c1-2-16-14-9-13(11-5-3-4-6-11)17-15(18-14)12-7-8-19-10-12/h9,11-12H,2-8,10H2,1H3,(H,16,17,18). The number of ether oxygens (including phenoxy) is 1. The quantitative estimate of drug-likeness (QED) is 0.905. The molecule has 4 nitrogen and oxygen atoms in total. The zero-order valence-corrected chi connectivity index (χ0v) is 11.7. The summed E-state index contributed by atoms with van der Waals surface area (Å²) in [7, 11) is 0. The first-order chi connectivity index (χ1) is 9.36. The number of nitrogens with zero attached hydrogens (tertiary/aromatic N) is 2. The normalized spacial score (nSPS) is 23.9. The molecule has 104 valence electrons. The van der Waals surface area contributed by atoms with E-state index < -0.39 is 0 Å². The van der Waals surface area contributed by atoms with Gasteiger partial charge < -0.3 is 10.1 Å². The van der Waals surface area contributed by atoms with E-state index in [1.165, 1.54) is 31.4 Å². The third-order valence-corrected chi connectivity index (χ3v) is 4.19. The minimum absolute atomic E-state index is 0.388. The fourth-order valence-electron chi connectivity index (χ4n) is 3.11. The highest BCUT2D eigenvalue weighted by atomic mass is 16.5. The van der Waals surface area contributed by atoms with Crippen LogP contribution in [-0.2, 0) is 4.74 Å². The summed E-state index contributed by atoms with van der Waals surface area (Å²) in [6.45, 7) is 4.63. The van der Waals surface area contributed by atoms with Crippen molar-refractivity contribution in [2.24, 2.45) is 0 Å². The van der Waals surface area contributed by atoms with E-state index in [2.05, 4.69) is 23.3 Å². The van der Waals surface area contributed by atoms with Crippen LogP contribution in [0.2, 0.25) is 0 Å². The molecular weight excluding hydrogens is 238 g/mol. The van der Waals surface area contributed by atoms with Gasteiger partial charge in [0.25, 0.3) is 0 Å². The Balaban J connectivity index is 1.88. The summed E-state index contributed by atoms with van der Waals surface area (Å²) in [4.78, 5) is 9.52. The Morgan fingerprint density at radius 3 is 2.74 bits per heavy atom. The molecule has 3 rings (SSSR count). The molecule has 1 unspecified atom stereocenters. The molecule has 19 heavy (non-hydrogen) atoms. The second kappa shape index (κ2) is 5.87. The molecule has 0 bridgehead atoms. The van der Waals surface area contributed by atoms with E-state index in [0.29, 0.717) is 11.8 Å². The maximum Gasteiger partial charge on any atom is 0.136 e. The summed E-state index contributed by atoms with van der Waals surface area (Å²) in [6.07, 6.45) is 6.30. The van der Waals surface area contributed by atoms with Crippen LogP contribution in [0.5, 0.6) is 0 Å². The third kappa shape index (κ3) is 2.89. The van der Waals surface area contributed by atoms with Gasteiger partial charge >= 0.3 is 0 Å². The SMILES string of the molecule is CCNc1cc(C2CCCC2)nc(C2CCOC2)n1. The second-order valence-electron chi connectivity index (χ2n) is 5.61. The van der Waals surface area contributed by atoms with Gasteiger partial charge in [0.2, 0.25) is 0 Å². The first-order valence-electron chi connectivity index (χ1n) is 7.57. The van der Waals surface area contributed by atoms with Crippen molar-refractivity contribution in [1.82, 2.24) is 9.97 Å². The van der Waals surface area contributed by atoms with E-state index in [0.717, 1.165) is 37.8 Å². The van der Waals surface area contributed by atoms with Gasteiger partial charge in [0, 0.05) is 36.7 Å². The summed E-state index contributed by atoms with van der Waals surface area (Å²) in [5.41, 5.74) is 1.24. The van der Waals surface area contributed by atoms with Crippen molar-refractivity contribution in [2.75, 3.05) is 25.1 Å². The molecule has 1 N–H and O–H groups in total. The van der Waals surface area contributed by atoms with Gasteiger partial charge in [-0.05, 0) is 26.2 Å². The van der Waals surface area contributed by atoms with Gasteiger partial charge in [-0.25, -0.2) is 9.97 Å². The van der Waals surface area contributed by atoms with Crippen molar-refractivity contribution in [1.29, 1.82) is 0 Å². The van der Waals surface area contributed by atoms with Crippen molar-refractivity contribution in [3.8, 4) is 0 Å². The van der Waals surface area contributed by atoms with Crippen LogP contribution < -0.4 is 5.32 Å². The van der Waals surface area contributed by atoms with Gasteiger partial charge in [0.05, 0.1) is 6.61 Å². The van der Waals surface area contributed by atoms with E-state index in [-0.39, 0.29) is 0 Å². The number of rotatable bonds is 4. The molecule has 1 saturated carbocycles. The molecular formula is C15H23N3O. The molecule has 1 aliphatic carbocycles. The molecule has 2 heterocycles. The van der Waals surface area contributed by atoms with Crippen molar-refractivity contribution >= 4 is 5.82 Å². The average molecular weight is 261 g/mol. The molecule has 4 heteroatoms. The zero-order chi connectivity index (χ0) is 13.1. The first-order valence-corrected chi connectivity index (χ1v) is 7.57. The molecule has 0 amide bonds. The minimum Gasteiger partial charge on any atom is -0.381 e. The topological polar surface area (TPSA) is 47.0 Å². The van der Waals surface area contributed by atoms with E-state index in [1.54, 1.807) is 0 Å². The predicted molar refractivity (Wildman–Crippen MR) is 75.6 cm³/mol. The molecule has 2 aliphatic rings. The van der Waals surface area contributed by atoms with Gasteiger partial charge in [-0.3, -0.25) is 0 Å². The van der Waals surface area contributed by atoms with Crippen LogP contribution in [0.3, 0.4) is 0 Å². The Hall–Kier alpha value is -1.16. The minimum atomic E-state index is 0.388. The summed E-state index contributed by atoms with van der Waals surface area (Å²) in [6, 6.07) is 2.15. The smallest absolute Gasteiger partial charge is 0.136 e. The molecule has 1 aliphatic heterocycles. The van der Waals surface area contributed by atoms with Crippen LogP contribution in [0.1, 0.15) is 62.4 Å². The summed E-state index contributed by atoms with van der Waals surface area (Å²) in [5, 5.41) is 3.34. The summed E-state index contributed by atoms with van der Waals surface area (Å²) >= 11 is 0. The molecule has 1 aromatic heterocycles. The van der Waals surface area contributed by atoms with Crippen molar-refractivity contribution < 1.29 is 4.74 Å². The largest absolute Gasteiger partial charge is 0.381 e. The van der Waals surface area contributed by atoms with Crippen LogP contribution in [0, 0.1) is 0 Å². The number of nitrogens with one attached hydrogen (secondary N) is 1. The maximum atomic E-state index is 5.48. The fourth-order valence-corrected chi connectivity index (χ4v) is 3.11. The lowest BCUT2D eigenvalue weighted by molar-refractivity contribution is 0.193. The van der Waals surface area contributed by atoms with E-state index in [9.17, 15) is 0 Å². The van der Waals surface area contributed by atoms with Gasteiger partial charge in [0.1, 0.15) is 11.6 Å². The number of hydrogen-bond acceptors (Lipinski definition) is 4. The molecule has 1 saturated heterocycles. The molecule has 2 fully saturated rings. The Bertz CT molecular complexity index is 389. The lowest BCUT2D eigenvalue weighted by atomic mass is 10.0. The monoisotopic (exact) mass is 261 g/mol. The average Bonchev–Trinajstić information content (AvgIpc) is 3.12. The number of hydrogen-bond donors (Lipinski definition) is 1. The van der Waals surface area contributed by atoms with E-state index >= 15 is 0 Å². The Morgan fingerprint density at radius 1 is 1.21 bits per heavy atom. The van der Waals surface area contributed by atoms with Crippen molar-refractivity contribution in [3.63, 3.8) is 0 Å². The molecule has 0 aromatic carbocycles.